The van der Waals surface area contributed by atoms with Gasteiger partial charge in [-0.05, 0) is 38.0 Å². The highest BCUT2D eigenvalue weighted by Crippen LogP contribution is 2.35. The Kier molecular flexibility index (Phi) is 9.63. The minimum Gasteiger partial charge on any atom is -0.501 e. The SMILES string of the molecule is C#C/C(=C\C=C/C)S(=O)(=O)CCN1CCn2c([C@H]3CCCN3C(=O)CSc3ccccc3Cl)nc(=O)c(O)c2C1=O. The van der Waals surface area contributed by atoms with Gasteiger partial charge in [0.1, 0.15) is 10.7 Å². The lowest BCUT2D eigenvalue weighted by molar-refractivity contribution is -0.129. The second-order valence-corrected chi connectivity index (χ2v) is 12.9. The van der Waals surface area contributed by atoms with Gasteiger partial charge >= 0.3 is 5.56 Å². The van der Waals surface area contributed by atoms with E-state index in [-0.39, 0.29) is 47.7 Å². The molecule has 41 heavy (non-hydrogen) atoms. The van der Waals surface area contributed by atoms with E-state index in [0.29, 0.717) is 24.4 Å². The number of thioether (sulfide) groups is 1. The van der Waals surface area contributed by atoms with E-state index < -0.39 is 38.8 Å². The number of aromatic nitrogens is 2. The number of carbonyl (C=O) groups is 2. The Hall–Kier alpha value is -3.53. The van der Waals surface area contributed by atoms with Crippen molar-refractivity contribution in [3.8, 4) is 18.1 Å². The summed E-state index contributed by atoms with van der Waals surface area (Å²) in [7, 11) is -3.85. The molecule has 0 bridgehead atoms. The molecule has 3 heterocycles. The van der Waals surface area contributed by atoms with Crippen LogP contribution in [0.15, 0.2) is 57.1 Å². The molecule has 0 unspecified atom stereocenters. The van der Waals surface area contributed by atoms with Gasteiger partial charge in [0.25, 0.3) is 5.91 Å². The van der Waals surface area contributed by atoms with Crippen LogP contribution in [0, 0.1) is 12.3 Å². The van der Waals surface area contributed by atoms with Gasteiger partial charge in [-0.15, -0.1) is 18.2 Å². The van der Waals surface area contributed by atoms with Gasteiger partial charge < -0.3 is 19.5 Å². The summed E-state index contributed by atoms with van der Waals surface area (Å²) in [5.74, 6) is 0.406. The summed E-state index contributed by atoms with van der Waals surface area (Å²) in [6.45, 7) is 2.26. The number of rotatable bonds is 9. The molecule has 1 atom stereocenters. The summed E-state index contributed by atoms with van der Waals surface area (Å²) in [4.78, 5) is 46.9. The number of fused-ring (bicyclic) bond motifs is 1. The largest absolute Gasteiger partial charge is 0.501 e. The molecule has 1 fully saturated rings. The first kappa shape index (κ1) is 30.4. The van der Waals surface area contributed by atoms with E-state index in [1.54, 1.807) is 30.0 Å². The average molecular weight is 617 g/mol. The second kappa shape index (κ2) is 13.0. The first-order chi connectivity index (χ1) is 19.6. The third-order valence-corrected chi connectivity index (χ3v) is 10.0. The maximum absolute atomic E-state index is 13.4. The average Bonchev–Trinajstić information content (AvgIpc) is 3.44. The van der Waals surface area contributed by atoms with Gasteiger partial charge in [-0.2, -0.15) is 4.98 Å². The number of allylic oxidation sites excluding steroid dienone is 4. The number of benzene rings is 1. The summed E-state index contributed by atoms with van der Waals surface area (Å²) < 4.78 is 26.9. The maximum atomic E-state index is 13.4. The van der Waals surface area contributed by atoms with Crippen LogP contribution < -0.4 is 5.56 Å². The summed E-state index contributed by atoms with van der Waals surface area (Å²) in [5, 5.41) is 11.1. The predicted octanol–water partition coefficient (Wildman–Crippen LogP) is 3.02. The Balaban J connectivity index is 1.56. The van der Waals surface area contributed by atoms with Gasteiger partial charge in [-0.1, -0.05) is 41.8 Å². The van der Waals surface area contributed by atoms with E-state index in [0.717, 1.165) is 4.90 Å². The molecule has 0 saturated carbocycles. The quantitative estimate of drug-likeness (QED) is 0.259. The van der Waals surface area contributed by atoms with Crippen molar-refractivity contribution in [1.29, 1.82) is 0 Å². The van der Waals surface area contributed by atoms with Crippen LogP contribution in [0.5, 0.6) is 5.75 Å². The predicted molar refractivity (Wildman–Crippen MR) is 157 cm³/mol. The third-order valence-electron chi connectivity index (χ3n) is 6.88. The van der Waals surface area contributed by atoms with Crippen LogP contribution in [-0.2, 0) is 21.2 Å². The molecule has 216 valence electrons. The van der Waals surface area contributed by atoms with E-state index in [4.69, 9.17) is 18.0 Å². The zero-order chi connectivity index (χ0) is 29.7. The van der Waals surface area contributed by atoms with Crippen molar-refractivity contribution in [3.63, 3.8) is 0 Å². The Bertz CT molecular complexity index is 1630. The highest BCUT2D eigenvalue weighted by molar-refractivity contribution is 8.00. The number of terminal acetylenes is 1. The van der Waals surface area contributed by atoms with Crippen LogP contribution >= 0.6 is 23.4 Å². The Morgan fingerprint density at radius 2 is 2.02 bits per heavy atom. The molecular weight excluding hydrogens is 588 g/mol. The normalized spacial score (nSPS) is 17.6. The van der Waals surface area contributed by atoms with Crippen LogP contribution in [0.1, 0.15) is 42.1 Å². The van der Waals surface area contributed by atoms with Crippen molar-refractivity contribution >= 4 is 45.0 Å². The van der Waals surface area contributed by atoms with Crippen molar-refractivity contribution in [2.24, 2.45) is 0 Å². The number of hydrogen-bond donors (Lipinski definition) is 1. The molecule has 4 rings (SSSR count). The lowest BCUT2D eigenvalue weighted by Gasteiger charge is -2.33. The number of carbonyl (C=O) groups excluding carboxylic acids is 2. The molecule has 2 aliphatic rings. The summed E-state index contributed by atoms with van der Waals surface area (Å²) in [5.41, 5.74) is -1.25. The van der Waals surface area contributed by atoms with Gasteiger partial charge in [0.2, 0.25) is 11.7 Å². The van der Waals surface area contributed by atoms with E-state index in [1.807, 2.05) is 12.1 Å². The minimum absolute atomic E-state index is 0.116. The molecule has 2 amide bonds. The molecule has 1 aromatic carbocycles. The lowest BCUT2D eigenvalue weighted by atomic mass is 10.1. The monoisotopic (exact) mass is 616 g/mol. The Labute approximate surface area is 247 Å². The summed E-state index contributed by atoms with van der Waals surface area (Å²) in [6, 6.07) is 6.65. The first-order valence-corrected chi connectivity index (χ1v) is 15.9. The number of halogens is 1. The summed E-state index contributed by atoms with van der Waals surface area (Å²) in [6.07, 6.45) is 11.0. The fourth-order valence-electron chi connectivity index (χ4n) is 4.83. The number of aromatic hydroxyl groups is 1. The molecule has 1 aromatic heterocycles. The van der Waals surface area contributed by atoms with Gasteiger partial charge in [0.05, 0.1) is 22.6 Å². The van der Waals surface area contributed by atoms with Gasteiger partial charge in [-0.3, -0.25) is 14.4 Å². The highest BCUT2D eigenvalue weighted by Gasteiger charge is 2.38. The van der Waals surface area contributed by atoms with E-state index in [1.165, 1.54) is 33.4 Å². The number of sulfone groups is 1. The molecule has 1 saturated heterocycles. The number of hydrogen-bond acceptors (Lipinski definition) is 8. The van der Waals surface area contributed by atoms with Crippen molar-refractivity contribution in [2.75, 3.05) is 31.1 Å². The van der Waals surface area contributed by atoms with Crippen molar-refractivity contribution in [1.82, 2.24) is 19.4 Å². The Morgan fingerprint density at radius 1 is 1.27 bits per heavy atom. The molecule has 2 aromatic rings. The molecule has 2 aliphatic heterocycles. The lowest BCUT2D eigenvalue weighted by Crippen LogP contribution is -2.46. The molecule has 13 heteroatoms. The molecule has 0 spiro atoms. The number of nitrogens with zero attached hydrogens (tertiary/aromatic N) is 4. The first-order valence-electron chi connectivity index (χ1n) is 12.9. The van der Waals surface area contributed by atoms with Crippen LogP contribution in [0.25, 0.3) is 0 Å². The molecular formula is C28H29ClN4O6S2. The topological polar surface area (TPSA) is 130 Å². The molecule has 10 nitrogen and oxygen atoms in total. The molecule has 1 N–H and O–H groups in total. The van der Waals surface area contributed by atoms with Crippen LogP contribution in [0.3, 0.4) is 0 Å². The minimum atomic E-state index is -3.85. The van der Waals surface area contributed by atoms with Crippen LogP contribution in [-0.4, -0.2) is 75.8 Å². The van der Waals surface area contributed by atoms with Gasteiger partial charge in [0.15, 0.2) is 15.5 Å². The highest BCUT2D eigenvalue weighted by atomic mass is 35.5. The maximum Gasteiger partial charge on any atom is 0.315 e. The number of amides is 2. The van der Waals surface area contributed by atoms with E-state index >= 15 is 0 Å². The van der Waals surface area contributed by atoms with Gasteiger partial charge in [0, 0.05) is 31.1 Å². The fraction of sp³-hybridized carbons (Fsp3) is 0.357. The zero-order valence-electron chi connectivity index (χ0n) is 22.3. The zero-order valence-corrected chi connectivity index (χ0v) is 24.7. The summed E-state index contributed by atoms with van der Waals surface area (Å²) >= 11 is 7.53. The molecule has 0 aliphatic carbocycles. The Morgan fingerprint density at radius 3 is 2.73 bits per heavy atom. The van der Waals surface area contributed by atoms with E-state index in [9.17, 15) is 27.9 Å². The van der Waals surface area contributed by atoms with Crippen LogP contribution in [0.2, 0.25) is 5.02 Å². The standard InChI is InChI=1S/C28H29ClN4O6S2/c1-3-5-9-19(4-2)41(38,39)17-16-31-14-15-33-24(28(31)37)25(35)27(36)30-26(33)21-11-8-13-32(21)23(34)18-40-22-12-7-6-10-20(22)29/h2-3,5-7,9-10,12,21,35H,8,11,13-18H2,1H3/b5-3-,19-9+/t21-/m1/s1. The van der Waals surface area contributed by atoms with Crippen molar-refractivity contribution < 1.29 is 23.1 Å². The fourth-order valence-corrected chi connectivity index (χ4v) is 7.10. The van der Waals surface area contributed by atoms with Gasteiger partial charge in [-0.25, -0.2) is 8.42 Å². The van der Waals surface area contributed by atoms with Crippen molar-refractivity contribution in [3.05, 3.63) is 74.3 Å². The second-order valence-electron chi connectivity index (χ2n) is 9.40. The molecule has 0 radical (unpaired) electrons. The number of likely N-dealkylation sites (tertiary alicyclic amines) is 1. The smallest absolute Gasteiger partial charge is 0.315 e. The van der Waals surface area contributed by atoms with Crippen molar-refractivity contribution in [2.45, 2.75) is 37.2 Å². The van der Waals surface area contributed by atoms with E-state index in [2.05, 4.69) is 10.9 Å². The third kappa shape index (κ3) is 6.53. The van der Waals surface area contributed by atoms with Crippen LogP contribution in [0.4, 0.5) is 0 Å².